The Morgan fingerprint density at radius 1 is 1.40 bits per heavy atom. The van der Waals surface area contributed by atoms with Crippen LogP contribution < -0.4 is 10.2 Å². The van der Waals surface area contributed by atoms with E-state index in [0.29, 0.717) is 17.9 Å². The van der Waals surface area contributed by atoms with Gasteiger partial charge in [0.25, 0.3) is 0 Å². The van der Waals surface area contributed by atoms with Crippen LogP contribution in [-0.4, -0.2) is 49.2 Å². The van der Waals surface area contributed by atoms with Crippen molar-refractivity contribution in [3.05, 3.63) is 23.4 Å². The van der Waals surface area contributed by atoms with Crippen LogP contribution in [0, 0.1) is 0 Å². The summed E-state index contributed by atoms with van der Waals surface area (Å²) in [6.07, 6.45) is -3.39. The molecular weight excluding hydrogens is 269 g/mol. The minimum atomic E-state index is -4.34. The van der Waals surface area contributed by atoms with E-state index >= 15 is 0 Å². The lowest BCUT2D eigenvalue weighted by Crippen LogP contribution is -2.54. The minimum Gasteiger partial charge on any atom is -0.350 e. The fraction of sp³-hybridized carbons (Fsp3) is 0.615. The molecular formula is C13H17F3N4. The van der Waals surface area contributed by atoms with Crippen LogP contribution in [0.3, 0.4) is 0 Å². The summed E-state index contributed by atoms with van der Waals surface area (Å²) >= 11 is 0. The highest BCUT2D eigenvalue weighted by Crippen LogP contribution is 2.33. The standard InChI is InChI=1S/C13H17F3N4/c1-19-7-9-4-10(13(14,15)16)5-18-12(9)20-3-2-17-6-11(20)8-19/h4-5,11,17H,2-3,6-8H2,1H3. The summed E-state index contributed by atoms with van der Waals surface area (Å²) in [5, 5.41) is 3.32. The van der Waals surface area contributed by atoms with Gasteiger partial charge in [-0.05, 0) is 13.1 Å². The van der Waals surface area contributed by atoms with Gasteiger partial charge in [0.15, 0.2) is 0 Å². The smallest absolute Gasteiger partial charge is 0.350 e. The molecule has 0 radical (unpaired) electrons. The Morgan fingerprint density at radius 3 is 2.95 bits per heavy atom. The zero-order valence-electron chi connectivity index (χ0n) is 11.2. The van der Waals surface area contributed by atoms with E-state index < -0.39 is 11.7 Å². The van der Waals surface area contributed by atoms with Crippen molar-refractivity contribution < 1.29 is 13.2 Å². The summed E-state index contributed by atoms with van der Waals surface area (Å²) in [4.78, 5) is 8.30. The van der Waals surface area contributed by atoms with E-state index in [1.165, 1.54) is 6.07 Å². The highest BCUT2D eigenvalue weighted by atomic mass is 19.4. The highest BCUT2D eigenvalue weighted by Gasteiger charge is 2.34. The van der Waals surface area contributed by atoms with Crippen LogP contribution in [0.4, 0.5) is 19.0 Å². The van der Waals surface area contributed by atoms with E-state index in [2.05, 4.69) is 20.1 Å². The van der Waals surface area contributed by atoms with Crippen LogP contribution in [0.2, 0.25) is 0 Å². The number of halogens is 3. The second-order valence-corrected chi connectivity index (χ2v) is 5.45. The Labute approximate surface area is 115 Å². The van der Waals surface area contributed by atoms with Crippen LogP contribution in [0.15, 0.2) is 12.3 Å². The lowest BCUT2D eigenvalue weighted by molar-refractivity contribution is -0.137. The maximum absolute atomic E-state index is 12.8. The molecule has 4 nitrogen and oxygen atoms in total. The van der Waals surface area contributed by atoms with E-state index in [9.17, 15) is 13.2 Å². The van der Waals surface area contributed by atoms with Gasteiger partial charge in [0.1, 0.15) is 5.82 Å². The van der Waals surface area contributed by atoms with Crippen molar-refractivity contribution >= 4 is 5.82 Å². The van der Waals surface area contributed by atoms with Gasteiger partial charge in [0.05, 0.1) is 11.6 Å². The predicted octanol–water partition coefficient (Wildman–Crippen LogP) is 1.32. The molecule has 3 heterocycles. The average Bonchev–Trinajstić information content (AvgIpc) is 2.52. The molecule has 110 valence electrons. The first-order chi connectivity index (χ1) is 9.45. The van der Waals surface area contributed by atoms with Crippen molar-refractivity contribution in [2.75, 3.05) is 38.1 Å². The van der Waals surface area contributed by atoms with E-state index in [4.69, 9.17) is 0 Å². The molecule has 3 rings (SSSR count). The van der Waals surface area contributed by atoms with Crippen LogP contribution in [-0.2, 0) is 12.7 Å². The maximum Gasteiger partial charge on any atom is 0.417 e. The van der Waals surface area contributed by atoms with E-state index in [-0.39, 0.29) is 6.04 Å². The summed E-state index contributed by atoms with van der Waals surface area (Å²) < 4.78 is 38.4. The molecule has 2 aliphatic heterocycles. The van der Waals surface area contributed by atoms with Gasteiger partial charge in [-0.3, -0.25) is 4.90 Å². The van der Waals surface area contributed by atoms with Crippen molar-refractivity contribution in [3.63, 3.8) is 0 Å². The van der Waals surface area contributed by atoms with Crippen LogP contribution in [0.5, 0.6) is 0 Å². The number of anilines is 1. The predicted molar refractivity (Wildman–Crippen MR) is 69.6 cm³/mol. The summed E-state index contributed by atoms with van der Waals surface area (Å²) in [7, 11) is 1.93. The Hall–Kier alpha value is -1.34. The molecule has 20 heavy (non-hydrogen) atoms. The van der Waals surface area contributed by atoms with Crippen LogP contribution in [0.25, 0.3) is 0 Å². The Kier molecular flexibility index (Phi) is 3.33. The number of nitrogens with zero attached hydrogens (tertiary/aromatic N) is 3. The monoisotopic (exact) mass is 286 g/mol. The number of hydrogen-bond acceptors (Lipinski definition) is 4. The molecule has 0 spiro atoms. The zero-order valence-corrected chi connectivity index (χ0v) is 11.2. The first-order valence-electron chi connectivity index (χ1n) is 6.67. The van der Waals surface area contributed by atoms with E-state index in [0.717, 1.165) is 32.4 Å². The second-order valence-electron chi connectivity index (χ2n) is 5.45. The number of pyridine rings is 1. The van der Waals surface area contributed by atoms with Crippen molar-refractivity contribution in [3.8, 4) is 0 Å². The molecule has 0 aromatic carbocycles. The molecule has 0 saturated carbocycles. The molecule has 7 heteroatoms. The molecule has 1 N–H and O–H groups in total. The number of fused-ring (bicyclic) bond motifs is 3. The summed E-state index contributed by atoms with van der Waals surface area (Å²) in [5.41, 5.74) is -0.00930. The van der Waals surface area contributed by atoms with E-state index in [1.807, 2.05) is 7.05 Å². The topological polar surface area (TPSA) is 31.4 Å². The second kappa shape index (κ2) is 4.89. The van der Waals surface area contributed by atoms with Crippen molar-refractivity contribution in [1.82, 2.24) is 15.2 Å². The Morgan fingerprint density at radius 2 is 2.20 bits per heavy atom. The van der Waals surface area contributed by atoms with Crippen LogP contribution in [0.1, 0.15) is 11.1 Å². The number of piperazine rings is 1. The molecule has 0 aliphatic carbocycles. The summed E-state index contributed by atoms with van der Waals surface area (Å²) in [6.45, 7) is 3.78. The third kappa shape index (κ3) is 2.47. The van der Waals surface area contributed by atoms with Gasteiger partial charge in [-0.2, -0.15) is 13.2 Å². The summed E-state index contributed by atoms with van der Waals surface area (Å²) in [5.74, 6) is 0.703. The third-order valence-corrected chi connectivity index (χ3v) is 3.86. The fourth-order valence-corrected chi connectivity index (χ4v) is 2.95. The molecule has 0 bridgehead atoms. The Balaban J connectivity index is 2.02. The minimum absolute atomic E-state index is 0.263. The van der Waals surface area contributed by atoms with Crippen molar-refractivity contribution in [1.29, 1.82) is 0 Å². The molecule has 1 atom stereocenters. The lowest BCUT2D eigenvalue weighted by atomic mass is 10.1. The van der Waals surface area contributed by atoms with Crippen LogP contribution >= 0.6 is 0 Å². The molecule has 0 amide bonds. The normalized spacial score (nSPS) is 24.0. The van der Waals surface area contributed by atoms with Gasteiger partial charge >= 0.3 is 6.18 Å². The first kappa shape index (κ1) is 13.6. The van der Waals surface area contributed by atoms with Crippen molar-refractivity contribution in [2.24, 2.45) is 0 Å². The molecule has 1 aromatic rings. The molecule has 1 unspecified atom stereocenters. The molecule has 1 fully saturated rings. The highest BCUT2D eigenvalue weighted by molar-refractivity contribution is 5.51. The van der Waals surface area contributed by atoms with Gasteiger partial charge < -0.3 is 10.2 Å². The molecule has 1 saturated heterocycles. The lowest BCUT2D eigenvalue weighted by Gasteiger charge is -2.37. The van der Waals surface area contributed by atoms with Gasteiger partial charge in [-0.25, -0.2) is 4.98 Å². The van der Waals surface area contributed by atoms with E-state index in [1.54, 1.807) is 0 Å². The van der Waals surface area contributed by atoms with Gasteiger partial charge in [-0.1, -0.05) is 0 Å². The molecule has 2 aliphatic rings. The largest absolute Gasteiger partial charge is 0.417 e. The number of hydrogen-bond donors (Lipinski definition) is 1. The SMILES string of the molecule is CN1Cc2cc(C(F)(F)F)cnc2N2CCNCC2C1. The third-order valence-electron chi connectivity index (χ3n) is 3.86. The fourth-order valence-electron chi connectivity index (χ4n) is 2.95. The van der Waals surface area contributed by atoms with Crippen molar-refractivity contribution in [2.45, 2.75) is 18.8 Å². The number of nitrogens with one attached hydrogen (secondary N) is 1. The first-order valence-corrected chi connectivity index (χ1v) is 6.67. The van der Waals surface area contributed by atoms with Gasteiger partial charge in [0.2, 0.25) is 0 Å². The average molecular weight is 286 g/mol. The van der Waals surface area contributed by atoms with Gasteiger partial charge in [0, 0.05) is 44.5 Å². The summed E-state index contributed by atoms with van der Waals surface area (Å²) in [6, 6.07) is 1.50. The molecule has 1 aromatic heterocycles. The Bertz CT molecular complexity index is 503. The number of likely N-dealkylation sites (N-methyl/N-ethyl adjacent to an activating group) is 1. The van der Waals surface area contributed by atoms with Gasteiger partial charge in [-0.15, -0.1) is 0 Å². The number of aromatic nitrogens is 1. The number of rotatable bonds is 0. The number of alkyl halides is 3. The quantitative estimate of drug-likeness (QED) is 0.779. The zero-order chi connectivity index (χ0) is 14.3. The maximum atomic E-state index is 12.8.